The molecule has 2 atom stereocenters. The van der Waals surface area contributed by atoms with Crippen LogP contribution in [0, 0.1) is 0 Å². The number of carboxylic acid groups (broad SMARTS) is 1. The van der Waals surface area contributed by atoms with Gasteiger partial charge in [0.2, 0.25) is 5.91 Å². The van der Waals surface area contributed by atoms with Crippen LogP contribution >= 0.6 is 0 Å². The molecule has 2 aromatic carbocycles. The number of ether oxygens (including phenoxy) is 1. The first-order valence-electron chi connectivity index (χ1n) is 11.0. The number of nitrogens with zero attached hydrogens (tertiary/aromatic N) is 1. The van der Waals surface area contributed by atoms with E-state index in [-0.39, 0.29) is 12.5 Å². The highest BCUT2D eigenvalue weighted by Gasteiger charge is 2.45. The van der Waals surface area contributed by atoms with Gasteiger partial charge in [-0.05, 0) is 55.4 Å². The molecule has 1 fully saturated rings. The summed E-state index contributed by atoms with van der Waals surface area (Å²) in [7, 11) is 0. The third-order valence-electron chi connectivity index (χ3n) is 6.67. The van der Waals surface area contributed by atoms with E-state index in [0.717, 1.165) is 35.1 Å². The molecule has 1 unspecified atom stereocenters. The molecule has 1 aliphatic carbocycles. The summed E-state index contributed by atoms with van der Waals surface area (Å²) in [5, 5.41) is 12.2. The maximum Gasteiger partial charge on any atom is 0.407 e. The summed E-state index contributed by atoms with van der Waals surface area (Å²) in [6.45, 7) is 3.63. The lowest BCUT2D eigenvalue weighted by Crippen LogP contribution is -2.61. The van der Waals surface area contributed by atoms with Gasteiger partial charge in [-0.3, -0.25) is 4.79 Å². The molecular weight excluding hydrogens is 408 g/mol. The Hall–Kier alpha value is -3.35. The number of carboxylic acids is 1. The predicted molar refractivity (Wildman–Crippen MR) is 119 cm³/mol. The normalized spacial score (nSPS) is 20.8. The number of aliphatic carboxylic acids is 1. The Morgan fingerprint density at radius 3 is 2.28 bits per heavy atom. The first-order chi connectivity index (χ1) is 15.3. The number of carbonyl (C=O) groups excluding carboxylic acids is 2. The van der Waals surface area contributed by atoms with Crippen molar-refractivity contribution in [3.05, 3.63) is 59.7 Å². The van der Waals surface area contributed by atoms with Gasteiger partial charge in [0.05, 0.1) is 0 Å². The average Bonchev–Trinajstić information content (AvgIpc) is 3.11. The molecule has 4 rings (SSSR count). The second kappa shape index (κ2) is 8.65. The molecule has 2 amide bonds. The van der Waals surface area contributed by atoms with Gasteiger partial charge in [-0.2, -0.15) is 0 Å². The van der Waals surface area contributed by atoms with Gasteiger partial charge in [-0.15, -0.1) is 0 Å². The zero-order chi connectivity index (χ0) is 22.9. The molecule has 2 N–H and O–H groups in total. The van der Waals surface area contributed by atoms with Crippen LogP contribution in [0.4, 0.5) is 4.79 Å². The van der Waals surface area contributed by atoms with Gasteiger partial charge >= 0.3 is 12.1 Å². The Balaban J connectivity index is 1.40. The van der Waals surface area contributed by atoms with Gasteiger partial charge in [0.1, 0.15) is 18.2 Å². The minimum Gasteiger partial charge on any atom is -0.480 e. The Kier molecular flexibility index (Phi) is 5.91. The summed E-state index contributed by atoms with van der Waals surface area (Å²) in [6, 6.07) is 15.2. The zero-order valence-corrected chi connectivity index (χ0v) is 18.3. The molecule has 0 radical (unpaired) electrons. The number of amides is 2. The van der Waals surface area contributed by atoms with Crippen LogP contribution in [0.2, 0.25) is 0 Å². The number of hydrogen-bond donors (Lipinski definition) is 2. The molecule has 0 bridgehead atoms. The monoisotopic (exact) mass is 436 g/mol. The van der Waals surface area contributed by atoms with Crippen molar-refractivity contribution in [1.82, 2.24) is 10.2 Å². The predicted octanol–water partition coefficient (Wildman–Crippen LogP) is 3.77. The molecule has 1 heterocycles. The highest BCUT2D eigenvalue weighted by molar-refractivity contribution is 5.91. The molecule has 168 valence electrons. The number of hydrogen-bond acceptors (Lipinski definition) is 4. The van der Waals surface area contributed by atoms with Crippen LogP contribution in [0.5, 0.6) is 0 Å². The summed E-state index contributed by atoms with van der Waals surface area (Å²) in [6.07, 6.45) is 1.19. The number of likely N-dealkylation sites (tertiary alicyclic amines) is 1. The SMILES string of the molecule is C[C@@H](NC(=O)OCC1c2ccccc2-c2ccccc21)C(=O)N1CCCCC1(C)C(=O)O. The Morgan fingerprint density at radius 1 is 1.09 bits per heavy atom. The molecule has 7 nitrogen and oxygen atoms in total. The number of nitrogens with one attached hydrogen (secondary N) is 1. The number of carbonyl (C=O) groups is 3. The number of alkyl carbamates (subject to hydrolysis) is 1. The second-order valence-electron chi connectivity index (χ2n) is 8.72. The largest absolute Gasteiger partial charge is 0.480 e. The highest BCUT2D eigenvalue weighted by atomic mass is 16.5. The Morgan fingerprint density at radius 2 is 1.69 bits per heavy atom. The standard InChI is InChI=1S/C25H28N2O5/c1-16(22(28)27-14-8-7-13-25(27,2)23(29)30)26-24(31)32-15-21-19-11-5-3-9-17(19)18-10-4-6-12-20(18)21/h3-6,9-12,16,21H,7-8,13-15H2,1-2H3,(H,26,31)(H,29,30)/t16-,25?/m1/s1. The van der Waals surface area contributed by atoms with Gasteiger partial charge in [-0.25, -0.2) is 9.59 Å². The van der Waals surface area contributed by atoms with Crippen molar-refractivity contribution in [2.24, 2.45) is 0 Å². The second-order valence-corrected chi connectivity index (χ2v) is 8.72. The van der Waals surface area contributed by atoms with Gasteiger partial charge in [0.25, 0.3) is 0 Å². The number of fused-ring (bicyclic) bond motifs is 3. The maximum absolute atomic E-state index is 12.9. The van der Waals surface area contributed by atoms with E-state index in [1.165, 1.54) is 4.90 Å². The number of benzene rings is 2. The lowest BCUT2D eigenvalue weighted by Gasteiger charge is -2.42. The molecule has 7 heteroatoms. The smallest absolute Gasteiger partial charge is 0.407 e. The maximum atomic E-state index is 12.9. The van der Waals surface area contributed by atoms with Crippen LogP contribution in [0.1, 0.15) is 50.2 Å². The van der Waals surface area contributed by atoms with E-state index in [1.54, 1.807) is 13.8 Å². The van der Waals surface area contributed by atoms with E-state index in [2.05, 4.69) is 17.4 Å². The highest BCUT2D eigenvalue weighted by Crippen LogP contribution is 2.44. The third-order valence-corrected chi connectivity index (χ3v) is 6.67. The lowest BCUT2D eigenvalue weighted by molar-refractivity contribution is -0.161. The van der Waals surface area contributed by atoms with Crippen LogP contribution in [-0.2, 0) is 14.3 Å². The van der Waals surface area contributed by atoms with Crippen LogP contribution in [0.25, 0.3) is 11.1 Å². The van der Waals surface area contributed by atoms with Crippen molar-refractivity contribution in [2.75, 3.05) is 13.2 Å². The van der Waals surface area contributed by atoms with Gasteiger partial charge in [0.15, 0.2) is 0 Å². The minimum atomic E-state index is -1.26. The molecule has 1 saturated heterocycles. The summed E-state index contributed by atoms with van der Waals surface area (Å²) in [5.74, 6) is -1.52. The van der Waals surface area contributed by atoms with E-state index in [0.29, 0.717) is 13.0 Å². The van der Waals surface area contributed by atoms with Crippen molar-refractivity contribution in [1.29, 1.82) is 0 Å². The fourth-order valence-corrected chi connectivity index (χ4v) is 4.81. The van der Waals surface area contributed by atoms with Crippen LogP contribution in [-0.4, -0.2) is 52.7 Å². The number of piperidine rings is 1. The summed E-state index contributed by atoms with van der Waals surface area (Å²) in [5.41, 5.74) is 3.23. The van der Waals surface area contributed by atoms with Gasteiger partial charge < -0.3 is 20.1 Å². The molecule has 0 aromatic heterocycles. The summed E-state index contributed by atoms with van der Waals surface area (Å²) < 4.78 is 5.51. The zero-order valence-electron chi connectivity index (χ0n) is 18.3. The molecule has 0 saturated carbocycles. The topological polar surface area (TPSA) is 95.9 Å². The van der Waals surface area contributed by atoms with Crippen molar-refractivity contribution >= 4 is 18.0 Å². The molecule has 2 aliphatic rings. The lowest BCUT2D eigenvalue weighted by atomic mass is 9.88. The average molecular weight is 437 g/mol. The van der Waals surface area contributed by atoms with Gasteiger partial charge in [-0.1, -0.05) is 48.5 Å². The van der Waals surface area contributed by atoms with E-state index in [4.69, 9.17) is 4.74 Å². The molecule has 2 aromatic rings. The Bertz CT molecular complexity index is 1010. The first kappa shape index (κ1) is 21.9. The van der Waals surface area contributed by atoms with Crippen molar-refractivity contribution < 1.29 is 24.2 Å². The summed E-state index contributed by atoms with van der Waals surface area (Å²) in [4.78, 5) is 38.6. The van der Waals surface area contributed by atoms with Crippen LogP contribution in [0.15, 0.2) is 48.5 Å². The quantitative estimate of drug-likeness (QED) is 0.744. The number of rotatable bonds is 5. The molecule has 0 spiro atoms. The van der Waals surface area contributed by atoms with Crippen LogP contribution < -0.4 is 5.32 Å². The fourth-order valence-electron chi connectivity index (χ4n) is 4.81. The van der Waals surface area contributed by atoms with E-state index < -0.39 is 29.6 Å². The van der Waals surface area contributed by atoms with E-state index in [9.17, 15) is 19.5 Å². The molecule has 1 aliphatic heterocycles. The van der Waals surface area contributed by atoms with Crippen molar-refractivity contribution in [2.45, 2.75) is 50.6 Å². The molecular formula is C25H28N2O5. The van der Waals surface area contributed by atoms with E-state index >= 15 is 0 Å². The van der Waals surface area contributed by atoms with Crippen molar-refractivity contribution in [3.8, 4) is 11.1 Å². The first-order valence-corrected chi connectivity index (χ1v) is 11.0. The van der Waals surface area contributed by atoms with Crippen molar-refractivity contribution in [3.63, 3.8) is 0 Å². The molecule has 32 heavy (non-hydrogen) atoms. The fraction of sp³-hybridized carbons (Fsp3) is 0.400. The minimum absolute atomic E-state index is 0.0726. The van der Waals surface area contributed by atoms with E-state index in [1.807, 2.05) is 36.4 Å². The Labute approximate surface area is 187 Å². The van der Waals surface area contributed by atoms with Crippen LogP contribution in [0.3, 0.4) is 0 Å². The summed E-state index contributed by atoms with van der Waals surface area (Å²) >= 11 is 0. The third kappa shape index (κ3) is 3.83. The van der Waals surface area contributed by atoms with Gasteiger partial charge in [0, 0.05) is 12.5 Å².